The van der Waals surface area contributed by atoms with Gasteiger partial charge in [0, 0.05) is 11.4 Å². The van der Waals surface area contributed by atoms with Crippen LogP contribution >= 0.6 is 11.8 Å². The minimum Gasteiger partial charge on any atom is -0.383 e. The van der Waals surface area contributed by atoms with Crippen LogP contribution in [-0.2, 0) is 6.42 Å². The van der Waals surface area contributed by atoms with Gasteiger partial charge in [-0.15, -0.1) is 0 Å². The van der Waals surface area contributed by atoms with Gasteiger partial charge in [0.15, 0.2) is 0 Å². The van der Waals surface area contributed by atoms with Crippen molar-refractivity contribution < 1.29 is 0 Å². The fourth-order valence-electron chi connectivity index (χ4n) is 3.80. The van der Waals surface area contributed by atoms with Crippen molar-refractivity contribution in [3.63, 3.8) is 0 Å². The number of rotatable bonds is 1. The molecule has 3 heterocycles. The maximum Gasteiger partial charge on any atom is 0.133 e. The zero-order chi connectivity index (χ0) is 17.0. The molecule has 3 aromatic rings. The third-order valence-corrected chi connectivity index (χ3v) is 6.38. The quantitative estimate of drug-likeness (QED) is 0.711. The van der Waals surface area contributed by atoms with Crippen molar-refractivity contribution in [2.24, 2.45) is 0 Å². The Kier molecular flexibility index (Phi) is 3.31. The van der Waals surface area contributed by atoms with Crippen LogP contribution in [0.2, 0.25) is 0 Å². The first-order chi connectivity index (χ1) is 12.2. The van der Waals surface area contributed by atoms with Crippen molar-refractivity contribution in [2.45, 2.75) is 30.0 Å². The second-order valence-corrected chi connectivity index (χ2v) is 7.85. The Morgan fingerprint density at radius 3 is 2.76 bits per heavy atom. The molecule has 25 heavy (non-hydrogen) atoms. The van der Waals surface area contributed by atoms with Gasteiger partial charge in [0.25, 0.3) is 0 Å². The van der Waals surface area contributed by atoms with E-state index in [-0.39, 0.29) is 5.37 Å². The molecule has 5 heteroatoms. The molecule has 1 aromatic heterocycles. The Hall–Kier alpha value is -2.40. The van der Waals surface area contributed by atoms with Gasteiger partial charge < -0.3 is 10.6 Å². The Labute approximate surface area is 151 Å². The summed E-state index contributed by atoms with van der Waals surface area (Å²) in [6, 6.07) is 17.0. The van der Waals surface area contributed by atoms with Crippen molar-refractivity contribution in [3.05, 3.63) is 65.4 Å². The van der Waals surface area contributed by atoms with Crippen LogP contribution in [0.5, 0.6) is 0 Å². The van der Waals surface area contributed by atoms with E-state index < -0.39 is 0 Å². The summed E-state index contributed by atoms with van der Waals surface area (Å²) in [6.45, 7) is 3.14. The molecule has 2 aromatic carbocycles. The smallest absolute Gasteiger partial charge is 0.133 e. The summed E-state index contributed by atoms with van der Waals surface area (Å²) in [6.07, 6.45) is 2.08. The number of benzene rings is 2. The molecule has 0 bridgehead atoms. The van der Waals surface area contributed by atoms with E-state index in [2.05, 4.69) is 60.4 Å². The first kappa shape index (κ1) is 14.9. The lowest BCUT2D eigenvalue weighted by molar-refractivity contribution is 0.740. The summed E-state index contributed by atoms with van der Waals surface area (Å²) in [5, 5.41) is 5.12. The summed E-state index contributed by atoms with van der Waals surface area (Å²) in [5.74, 6) is 0.774. The molecule has 1 atom stereocenters. The molecule has 0 aliphatic carbocycles. The van der Waals surface area contributed by atoms with Crippen molar-refractivity contribution in [3.8, 4) is 5.69 Å². The Bertz CT molecular complexity index is 945. The van der Waals surface area contributed by atoms with Crippen molar-refractivity contribution >= 4 is 23.3 Å². The summed E-state index contributed by atoms with van der Waals surface area (Å²) in [5.41, 5.74) is 12.6. The molecule has 0 saturated heterocycles. The zero-order valence-electron chi connectivity index (χ0n) is 14.1. The van der Waals surface area contributed by atoms with Crippen LogP contribution in [0.1, 0.15) is 28.6 Å². The number of nitrogens with zero attached hydrogens (tertiary/aromatic N) is 3. The van der Waals surface area contributed by atoms with E-state index in [0.717, 1.165) is 36.6 Å². The summed E-state index contributed by atoms with van der Waals surface area (Å²) in [4.78, 5) is 3.83. The summed E-state index contributed by atoms with van der Waals surface area (Å²) < 4.78 is 1.91. The minimum absolute atomic E-state index is 0.231. The number of fused-ring (bicyclic) bond motifs is 5. The van der Waals surface area contributed by atoms with E-state index in [9.17, 15) is 0 Å². The number of nitrogen functional groups attached to an aromatic ring is 1. The fraction of sp³-hybridized carbons (Fsp3) is 0.250. The third kappa shape index (κ3) is 2.26. The number of thioether (sulfide) groups is 1. The largest absolute Gasteiger partial charge is 0.383 e. The first-order valence-corrected chi connectivity index (χ1v) is 9.57. The Balaban J connectivity index is 1.63. The molecule has 4 nitrogen and oxygen atoms in total. The first-order valence-electron chi connectivity index (χ1n) is 8.69. The molecular weight excluding hydrogens is 328 g/mol. The molecular formula is C20H20N4S. The topological polar surface area (TPSA) is 47.1 Å². The normalized spacial score (nSPS) is 18.4. The maximum atomic E-state index is 6.61. The molecule has 2 aliphatic heterocycles. The number of aromatic nitrogens is 2. The monoisotopic (exact) mass is 348 g/mol. The molecule has 0 saturated carbocycles. The van der Waals surface area contributed by atoms with Gasteiger partial charge in [-0.05, 0) is 44.0 Å². The van der Waals surface area contributed by atoms with Crippen LogP contribution in [0.4, 0.5) is 11.5 Å². The van der Waals surface area contributed by atoms with Gasteiger partial charge in [-0.25, -0.2) is 4.68 Å². The van der Waals surface area contributed by atoms with E-state index in [1.54, 1.807) is 0 Å². The molecule has 1 unspecified atom stereocenters. The van der Waals surface area contributed by atoms with Gasteiger partial charge >= 0.3 is 0 Å². The van der Waals surface area contributed by atoms with Crippen LogP contribution in [0.15, 0.2) is 53.4 Å². The predicted molar refractivity (Wildman–Crippen MR) is 103 cm³/mol. The molecule has 0 amide bonds. The lowest BCUT2D eigenvalue weighted by Gasteiger charge is -2.24. The lowest BCUT2D eigenvalue weighted by atomic mass is 10.1. The van der Waals surface area contributed by atoms with Crippen molar-refractivity contribution in [1.29, 1.82) is 0 Å². The van der Waals surface area contributed by atoms with Gasteiger partial charge in [-0.1, -0.05) is 41.6 Å². The SMILES string of the molecule is Cc1ccc(-n2nc3c(c2N)C2Sc4ccccc4N2CCC3)cc1. The van der Waals surface area contributed by atoms with Gasteiger partial charge in [0.05, 0.1) is 22.6 Å². The average molecular weight is 348 g/mol. The van der Waals surface area contributed by atoms with Crippen LogP contribution in [0, 0.1) is 6.92 Å². The maximum absolute atomic E-state index is 6.61. The highest BCUT2D eigenvalue weighted by Crippen LogP contribution is 2.54. The number of hydrogen-bond donors (Lipinski definition) is 1. The second kappa shape index (κ2) is 5.56. The van der Waals surface area contributed by atoms with E-state index >= 15 is 0 Å². The highest BCUT2D eigenvalue weighted by molar-refractivity contribution is 8.00. The minimum atomic E-state index is 0.231. The van der Waals surface area contributed by atoms with E-state index in [1.165, 1.54) is 21.7 Å². The predicted octanol–water partition coefficient (Wildman–Crippen LogP) is 4.32. The highest BCUT2D eigenvalue weighted by atomic mass is 32.2. The standard InChI is InChI=1S/C20H20N4S/c1-13-8-10-14(11-9-13)24-19(21)18-15(22-24)5-4-12-23-16-6-2-3-7-17(16)25-20(18)23/h2-3,6-11,20H,4-5,12,21H2,1H3. The van der Waals surface area contributed by atoms with Crippen LogP contribution in [-0.4, -0.2) is 16.3 Å². The fourth-order valence-corrected chi connectivity index (χ4v) is 5.23. The number of hydrogen-bond acceptors (Lipinski definition) is 4. The van der Waals surface area contributed by atoms with Crippen LogP contribution < -0.4 is 10.6 Å². The van der Waals surface area contributed by atoms with Gasteiger partial charge in [-0.2, -0.15) is 5.10 Å². The molecule has 126 valence electrons. The number of anilines is 2. The Morgan fingerprint density at radius 2 is 1.92 bits per heavy atom. The molecule has 2 N–H and O–H groups in total. The average Bonchev–Trinajstić information content (AvgIpc) is 3.08. The number of nitrogens with two attached hydrogens (primary N) is 1. The van der Waals surface area contributed by atoms with Gasteiger partial charge in [-0.3, -0.25) is 0 Å². The molecule has 5 rings (SSSR count). The van der Waals surface area contributed by atoms with Gasteiger partial charge in [0.1, 0.15) is 11.2 Å². The number of para-hydroxylation sites is 1. The van der Waals surface area contributed by atoms with Gasteiger partial charge in [0.2, 0.25) is 0 Å². The zero-order valence-corrected chi connectivity index (χ0v) is 15.0. The van der Waals surface area contributed by atoms with Crippen molar-refractivity contribution in [2.75, 3.05) is 17.2 Å². The van der Waals surface area contributed by atoms with Crippen LogP contribution in [0.25, 0.3) is 5.69 Å². The van der Waals surface area contributed by atoms with Crippen molar-refractivity contribution in [1.82, 2.24) is 9.78 Å². The van der Waals surface area contributed by atoms with Crippen LogP contribution in [0.3, 0.4) is 0 Å². The molecule has 0 spiro atoms. The summed E-state index contributed by atoms with van der Waals surface area (Å²) in [7, 11) is 0. The lowest BCUT2D eigenvalue weighted by Crippen LogP contribution is -2.23. The molecule has 0 fully saturated rings. The third-order valence-electron chi connectivity index (χ3n) is 5.07. The highest BCUT2D eigenvalue weighted by Gasteiger charge is 2.37. The number of aryl methyl sites for hydroxylation is 2. The van der Waals surface area contributed by atoms with E-state index in [0.29, 0.717) is 0 Å². The summed E-state index contributed by atoms with van der Waals surface area (Å²) >= 11 is 1.89. The molecule has 0 radical (unpaired) electrons. The second-order valence-electron chi connectivity index (χ2n) is 6.73. The van der Waals surface area contributed by atoms with E-state index in [1.807, 2.05) is 16.4 Å². The Morgan fingerprint density at radius 1 is 1.12 bits per heavy atom. The van der Waals surface area contributed by atoms with E-state index in [4.69, 9.17) is 10.8 Å². The molecule has 2 aliphatic rings.